The fourth-order valence-electron chi connectivity index (χ4n) is 1.84. The molecular formula is C9H17ClO. The van der Waals surface area contributed by atoms with E-state index in [1.165, 1.54) is 32.1 Å². The van der Waals surface area contributed by atoms with Gasteiger partial charge in [-0.1, -0.05) is 30.9 Å². The van der Waals surface area contributed by atoms with Crippen LogP contribution in [0.3, 0.4) is 0 Å². The molecule has 0 aromatic rings. The Hall–Kier alpha value is 0.250. The third kappa shape index (κ3) is 3.00. The van der Waals surface area contributed by atoms with Gasteiger partial charge in [0.15, 0.2) is 0 Å². The van der Waals surface area contributed by atoms with Crippen molar-refractivity contribution in [3.63, 3.8) is 0 Å². The van der Waals surface area contributed by atoms with E-state index in [1.807, 2.05) is 0 Å². The van der Waals surface area contributed by atoms with Crippen LogP contribution in [0.25, 0.3) is 0 Å². The summed E-state index contributed by atoms with van der Waals surface area (Å²) in [4.78, 5) is 0. The van der Waals surface area contributed by atoms with Gasteiger partial charge in [-0.05, 0) is 25.7 Å². The first-order chi connectivity index (χ1) is 5.34. The predicted octanol–water partition coefficient (Wildman–Crippen LogP) is 3.17. The Morgan fingerprint density at radius 1 is 1.36 bits per heavy atom. The molecule has 1 aliphatic carbocycles. The summed E-state index contributed by atoms with van der Waals surface area (Å²) in [6.45, 7) is 2.14. The molecule has 0 saturated heterocycles. The van der Waals surface area contributed by atoms with Crippen LogP contribution in [-0.4, -0.2) is 12.2 Å². The molecule has 1 aliphatic rings. The minimum Gasteiger partial charge on any atom is -0.363 e. The van der Waals surface area contributed by atoms with E-state index in [-0.39, 0.29) is 0 Å². The fourth-order valence-corrected chi connectivity index (χ4v) is 2.04. The average molecular weight is 177 g/mol. The Balaban J connectivity index is 2.21. The average Bonchev–Trinajstić information content (AvgIpc) is 2.07. The third-order valence-electron chi connectivity index (χ3n) is 2.64. The third-order valence-corrected chi connectivity index (χ3v) is 2.77. The van der Waals surface area contributed by atoms with Gasteiger partial charge >= 0.3 is 0 Å². The molecule has 0 bridgehead atoms. The molecule has 2 heteroatoms. The lowest BCUT2D eigenvalue weighted by molar-refractivity contribution is 0.0390. The Morgan fingerprint density at radius 2 is 2.00 bits per heavy atom. The minimum absolute atomic E-state index is 0.345. The maximum Gasteiger partial charge on any atom is 0.121 e. The Kier molecular flexibility index (Phi) is 4.24. The van der Waals surface area contributed by atoms with Gasteiger partial charge < -0.3 is 4.74 Å². The van der Waals surface area contributed by atoms with E-state index >= 15 is 0 Å². The molecule has 1 atom stereocenters. The number of rotatable bonds is 3. The highest BCUT2D eigenvalue weighted by Gasteiger charge is 2.19. The van der Waals surface area contributed by atoms with Gasteiger partial charge in [-0.15, -0.1) is 0 Å². The normalized spacial score (nSPS) is 23.5. The van der Waals surface area contributed by atoms with Gasteiger partial charge in [0.25, 0.3) is 0 Å². The molecule has 0 radical (unpaired) electrons. The molecule has 1 rings (SSSR count). The summed E-state index contributed by atoms with van der Waals surface area (Å²) in [5.74, 6) is 0.766. The molecule has 0 aromatic heterocycles. The van der Waals surface area contributed by atoms with Gasteiger partial charge in [-0.3, -0.25) is 0 Å². The van der Waals surface area contributed by atoms with Gasteiger partial charge in [-0.25, -0.2) is 0 Å². The molecule has 11 heavy (non-hydrogen) atoms. The van der Waals surface area contributed by atoms with Crippen LogP contribution in [0, 0.1) is 5.92 Å². The number of hydrogen-bond acceptors (Lipinski definition) is 1. The van der Waals surface area contributed by atoms with Crippen molar-refractivity contribution in [2.24, 2.45) is 5.92 Å². The monoisotopic (exact) mass is 176 g/mol. The smallest absolute Gasteiger partial charge is 0.121 e. The summed E-state index contributed by atoms with van der Waals surface area (Å²) in [5.41, 5.74) is 0. The number of hydrogen-bond donors (Lipinski definition) is 0. The van der Waals surface area contributed by atoms with Crippen molar-refractivity contribution in [3.8, 4) is 0 Å². The summed E-state index contributed by atoms with van der Waals surface area (Å²) < 4.78 is 5.35. The molecule has 1 saturated carbocycles. The second-order valence-electron chi connectivity index (χ2n) is 3.38. The largest absolute Gasteiger partial charge is 0.363 e. The molecular weight excluding hydrogens is 160 g/mol. The topological polar surface area (TPSA) is 9.23 Å². The maximum atomic E-state index is 5.49. The van der Waals surface area contributed by atoms with E-state index in [0.717, 1.165) is 5.92 Å². The van der Waals surface area contributed by atoms with Crippen molar-refractivity contribution in [3.05, 3.63) is 0 Å². The van der Waals surface area contributed by atoms with Gasteiger partial charge in [0.1, 0.15) is 6.07 Å². The molecule has 1 unspecified atom stereocenters. The van der Waals surface area contributed by atoms with Crippen LogP contribution in [0.4, 0.5) is 0 Å². The number of ether oxygens (including phenoxy) is 1. The lowest BCUT2D eigenvalue weighted by Crippen LogP contribution is -2.22. The van der Waals surface area contributed by atoms with Gasteiger partial charge in [0.05, 0.1) is 6.10 Å². The number of halogens is 1. The zero-order valence-corrected chi connectivity index (χ0v) is 7.94. The van der Waals surface area contributed by atoms with Crippen molar-refractivity contribution in [1.29, 1.82) is 0 Å². The van der Waals surface area contributed by atoms with Gasteiger partial charge in [-0.2, -0.15) is 0 Å². The highest BCUT2D eigenvalue weighted by Crippen LogP contribution is 2.27. The Bertz CT molecular complexity index is 99.7. The van der Waals surface area contributed by atoms with E-state index in [2.05, 4.69) is 6.92 Å². The van der Waals surface area contributed by atoms with E-state index < -0.39 is 0 Å². The molecule has 0 amide bonds. The second kappa shape index (κ2) is 5.00. The van der Waals surface area contributed by atoms with Crippen LogP contribution in [0.5, 0.6) is 0 Å². The lowest BCUT2D eigenvalue weighted by atomic mass is 9.86. The number of alkyl halides is 1. The molecule has 1 fully saturated rings. The zero-order chi connectivity index (χ0) is 8.10. The van der Waals surface area contributed by atoms with Crippen molar-refractivity contribution in [2.75, 3.05) is 6.07 Å². The molecule has 0 heterocycles. The molecule has 0 aliphatic heterocycles. The van der Waals surface area contributed by atoms with Crippen LogP contribution in [0.15, 0.2) is 0 Å². The summed E-state index contributed by atoms with van der Waals surface area (Å²) in [5, 5.41) is 0. The minimum atomic E-state index is 0.345. The molecule has 0 N–H and O–H groups in total. The Labute approximate surface area is 74.1 Å². The SMILES string of the molecule is CC(OCCl)C1CCCCC1. The standard InChI is InChI=1S/C9H17ClO/c1-8(11-7-10)9-5-3-2-4-6-9/h8-9H,2-7H2,1H3. The van der Waals surface area contributed by atoms with E-state index in [1.54, 1.807) is 0 Å². The van der Waals surface area contributed by atoms with E-state index in [4.69, 9.17) is 16.3 Å². The van der Waals surface area contributed by atoms with Crippen molar-refractivity contribution in [1.82, 2.24) is 0 Å². The first-order valence-corrected chi connectivity index (χ1v) is 5.05. The van der Waals surface area contributed by atoms with Crippen LogP contribution < -0.4 is 0 Å². The summed E-state index contributed by atoms with van der Waals surface area (Å²) >= 11 is 5.49. The molecule has 0 aromatic carbocycles. The second-order valence-corrected chi connectivity index (χ2v) is 3.60. The van der Waals surface area contributed by atoms with E-state index in [9.17, 15) is 0 Å². The quantitative estimate of drug-likeness (QED) is 0.601. The molecule has 0 spiro atoms. The zero-order valence-electron chi connectivity index (χ0n) is 7.18. The van der Waals surface area contributed by atoms with Crippen molar-refractivity contribution in [2.45, 2.75) is 45.1 Å². The van der Waals surface area contributed by atoms with Crippen molar-refractivity contribution >= 4 is 11.6 Å². The first-order valence-electron chi connectivity index (χ1n) is 4.52. The van der Waals surface area contributed by atoms with Crippen LogP contribution in [0.2, 0.25) is 0 Å². The van der Waals surface area contributed by atoms with Gasteiger partial charge in [0.2, 0.25) is 0 Å². The summed E-state index contributed by atoms with van der Waals surface area (Å²) in [6.07, 6.45) is 7.19. The highest BCUT2D eigenvalue weighted by atomic mass is 35.5. The Morgan fingerprint density at radius 3 is 2.55 bits per heavy atom. The summed E-state index contributed by atoms with van der Waals surface area (Å²) in [6, 6.07) is 0.345. The van der Waals surface area contributed by atoms with Crippen LogP contribution >= 0.6 is 11.6 Å². The van der Waals surface area contributed by atoms with E-state index in [0.29, 0.717) is 12.2 Å². The van der Waals surface area contributed by atoms with Crippen LogP contribution in [0.1, 0.15) is 39.0 Å². The first kappa shape index (κ1) is 9.34. The molecule has 1 nitrogen and oxygen atoms in total. The predicted molar refractivity (Wildman–Crippen MR) is 47.8 cm³/mol. The van der Waals surface area contributed by atoms with Gasteiger partial charge in [0, 0.05) is 0 Å². The fraction of sp³-hybridized carbons (Fsp3) is 1.00. The lowest BCUT2D eigenvalue weighted by Gasteiger charge is -2.26. The highest BCUT2D eigenvalue weighted by molar-refractivity contribution is 6.17. The van der Waals surface area contributed by atoms with Crippen LogP contribution in [-0.2, 0) is 4.74 Å². The van der Waals surface area contributed by atoms with Crippen molar-refractivity contribution < 1.29 is 4.74 Å². The summed E-state index contributed by atoms with van der Waals surface area (Å²) in [7, 11) is 0. The maximum absolute atomic E-state index is 5.49. The molecule has 66 valence electrons.